The lowest BCUT2D eigenvalue weighted by molar-refractivity contribution is 0.198. The van der Waals surface area contributed by atoms with Crippen LogP contribution in [0.4, 0.5) is 8.78 Å². The average molecular weight is 422 g/mol. The van der Waals surface area contributed by atoms with E-state index in [1.807, 2.05) is 19.0 Å². The van der Waals surface area contributed by atoms with Crippen LogP contribution in [0.25, 0.3) is 0 Å². The molecule has 0 bridgehead atoms. The van der Waals surface area contributed by atoms with Gasteiger partial charge in [-0.2, -0.15) is 0 Å². The van der Waals surface area contributed by atoms with E-state index in [0.717, 1.165) is 32.1 Å². The van der Waals surface area contributed by atoms with E-state index < -0.39 is 17.7 Å². The molecule has 0 aliphatic carbocycles. The molecule has 7 heteroatoms. The molecule has 0 aromatic heterocycles. The Morgan fingerprint density at radius 1 is 1.17 bits per heavy atom. The fourth-order valence-electron chi connectivity index (χ4n) is 4.62. The van der Waals surface area contributed by atoms with Gasteiger partial charge >= 0.3 is 0 Å². The summed E-state index contributed by atoms with van der Waals surface area (Å²) in [4.78, 5) is 11.5. The smallest absolute Gasteiger partial charge is 0.193 e. The first-order valence-corrected chi connectivity index (χ1v) is 11.4. The molecule has 0 radical (unpaired) electrons. The molecule has 1 aromatic carbocycles. The summed E-state index contributed by atoms with van der Waals surface area (Å²) in [5.41, 5.74) is 0.0893. The first-order valence-electron chi connectivity index (χ1n) is 11.4. The van der Waals surface area contributed by atoms with Crippen LogP contribution in [0.1, 0.15) is 44.2 Å². The fraction of sp³-hybridized carbons (Fsp3) is 0.696. The zero-order chi connectivity index (χ0) is 21.5. The largest absolute Gasteiger partial charge is 0.357 e. The third kappa shape index (κ3) is 5.91. The van der Waals surface area contributed by atoms with Crippen LogP contribution in [0, 0.1) is 17.6 Å². The summed E-state index contributed by atoms with van der Waals surface area (Å²) >= 11 is 0. The van der Waals surface area contributed by atoms with Gasteiger partial charge in [0.25, 0.3) is 0 Å². The summed E-state index contributed by atoms with van der Waals surface area (Å²) < 4.78 is 28.7. The highest BCUT2D eigenvalue weighted by Crippen LogP contribution is 2.25. The van der Waals surface area contributed by atoms with Crippen molar-refractivity contribution in [2.75, 3.05) is 59.9 Å². The van der Waals surface area contributed by atoms with Crippen molar-refractivity contribution in [2.45, 2.75) is 38.6 Å². The number of nitrogens with zero attached hydrogens (tertiary/aromatic N) is 4. The molecular weight excluding hydrogens is 384 g/mol. The van der Waals surface area contributed by atoms with E-state index in [9.17, 15) is 8.78 Å². The van der Waals surface area contributed by atoms with Crippen LogP contribution in [-0.4, -0.2) is 80.6 Å². The summed E-state index contributed by atoms with van der Waals surface area (Å²) in [7, 11) is 3.67. The van der Waals surface area contributed by atoms with Crippen molar-refractivity contribution >= 4 is 5.96 Å². The van der Waals surface area contributed by atoms with Crippen LogP contribution < -0.4 is 5.32 Å². The Kier molecular flexibility index (Phi) is 8.45. The molecule has 1 aromatic rings. The molecule has 3 rings (SSSR count). The Hall–Kier alpha value is -1.73. The number of benzene rings is 1. The molecule has 2 atom stereocenters. The van der Waals surface area contributed by atoms with Crippen LogP contribution in [0.15, 0.2) is 23.2 Å². The highest BCUT2D eigenvalue weighted by Gasteiger charge is 2.28. The maximum Gasteiger partial charge on any atom is 0.193 e. The Bertz CT molecular complexity index is 683. The predicted molar refractivity (Wildman–Crippen MR) is 119 cm³/mol. The Morgan fingerprint density at radius 3 is 2.50 bits per heavy atom. The van der Waals surface area contributed by atoms with Gasteiger partial charge in [-0.05, 0) is 71.4 Å². The van der Waals surface area contributed by atoms with Gasteiger partial charge in [-0.25, -0.2) is 8.78 Å². The first kappa shape index (κ1) is 22.9. The molecule has 0 spiro atoms. The molecule has 0 amide bonds. The van der Waals surface area contributed by atoms with Crippen LogP contribution in [0.5, 0.6) is 0 Å². The molecule has 30 heavy (non-hydrogen) atoms. The van der Waals surface area contributed by atoms with Gasteiger partial charge in [-0.3, -0.25) is 4.99 Å². The summed E-state index contributed by atoms with van der Waals surface area (Å²) in [5.74, 6) is 0.469. The van der Waals surface area contributed by atoms with Crippen molar-refractivity contribution in [1.82, 2.24) is 20.0 Å². The van der Waals surface area contributed by atoms with Crippen molar-refractivity contribution in [2.24, 2.45) is 10.9 Å². The number of likely N-dealkylation sites (N-methyl/N-ethyl adjacent to an activating group) is 1. The summed E-state index contributed by atoms with van der Waals surface area (Å²) in [6.45, 7) is 8.71. The Morgan fingerprint density at radius 2 is 1.87 bits per heavy atom. The molecule has 2 fully saturated rings. The number of hydrogen-bond acceptors (Lipinski definition) is 3. The predicted octanol–water partition coefficient (Wildman–Crippen LogP) is 3.34. The van der Waals surface area contributed by atoms with E-state index in [4.69, 9.17) is 4.99 Å². The number of hydrogen-bond donors (Lipinski definition) is 1. The summed E-state index contributed by atoms with van der Waals surface area (Å²) in [6.07, 6.45) is 5.16. The highest BCUT2D eigenvalue weighted by molar-refractivity contribution is 5.80. The SMILES string of the molecule is CCNC(=NCC(c1c(F)cccc1F)N(C)C)N1CCC(CN2CCCCC2)C1. The van der Waals surface area contributed by atoms with Crippen LogP contribution in [0.3, 0.4) is 0 Å². The Labute approximate surface area is 180 Å². The van der Waals surface area contributed by atoms with E-state index in [1.165, 1.54) is 57.0 Å². The first-order chi connectivity index (χ1) is 14.5. The molecule has 2 aliphatic heterocycles. The Balaban J connectivity index is 1.67. The molecule has 2 heterocycles. The van der Waals surface area contributed by atoms with Crippen LogP contribution in [0.2, 0.25) is 0 Å². The normalized spacial score (nSPS) is 22.0. The highest BCUT2D eigenvalue weighted by atomic mass is 19.1. The molecule has 1 N–H and O–H groups in total. The third-order valence-corrected chi connectivity index (χ3v) is 6.26. The molecule has 2 saturated heterocycles. The van der Waals surface area contributed by atoms with E-state index in [0.29, 0.717) is 12.5 Å². The second-order valence-electron chi connectivity index (χ2n) is 8.77. The second kappa shape index (κ2) is 11.0. The van der Waals surface area contributed by atoms with Gasteiger partial charge in [0.05, 0.1) is 12.6 Å². The lowest BCUT2D eigenvalue weighted by Crippen LogP contribution is -2.41. The molecule has 2 unspecified atom stereocenters. The van der Waals surface area contributed by atoms with Crippen molar-refractivity contribution in [3.8, 4) is 0 Å². The lowest BCUT2D eigenvalue weighted by Gasteiger charge is -2.29. The zero-order valence-corrected chi connectivity index (χ0v) is 18.7. The number of guanidine groups is 1. The van der Waals surface area contributed by atoms with Crippen LogP contribution >= 0.6 is 0 Å². The lowest BCUT2D eigenvalue weighted by atomic mass is 10.0. The summed E-state index contributed by atoms with van der Waals surface area (Å²) in [6, 6.07) is 3.58. The topological polar surface area (TPSA) is 34.1 Å². The monoisotopic (exact) mass is 421 g/mol. The molecule has 168 valence electrons. The number of piperidine rings is 1. The maximum atomic E-state index is 14.4. The minimum Gasteiger partial charge on any atom is -0.357 e. The maximum absolute atomic E-state index is 14.4. The molecule has 2 aliphatic rings. The second-order valence-corrected chi connectivity index (χ2v) is 8.77. The fourth-order valence-corrected chi connectivity index (χ4v) is 4.62. The van der Waals surface area contributed by atoms with Gasteiger partial charge in [0, 0.05) is 31.7 Å². The number of nitrogens with one attached hydrogen (secondary N) is 1. The van der Waals surface area contributed by atoms with E-state index in [-0.39, 0.29) is 5.56 Å². The quantitative estimate of drug-likeness (QED) is 0.541. The number of aliphatic imine (C=N–C) groups is 1. The van der Waals surface area contributed by atoms with Crippen molar-refractivity contribution < 1.29 is 8.78 Å². The van der Waals surface area contributed by atoms with Gasteiger partial charge in [-0.1, -0.05) is 12.5 Å². The number of likely N-dealkylation sites (tertiary alicyclic amines) is 2. The van der Waals surface area contributed by atoms with Crippen molar-refractivity contribution in [3.63, 3.8) is 0 Å². The van der Waals surface area contributed by atoms with Gasteiger partial charge in [0.1, 0.15) is 11.6 Å². The van der Waals surface area contributed by atoms with E-state index >= 15 is 0 Å². The number of halogens is 2. The van der Waals surface area contributed by atoms with Crippen molar-refractivity contribution in [1.29, 1.82) is 0 Å². The average Bonchev–Trinajstić information content (AvgIpc) is 3.18. The van der Waals surface area contributed by atoms with Gasteiger partial charge < -0.3 is 20.0 Å². The minimum atomic E-state index is -0.517. The van der Waals surface area contributed by atoms with E-state index in [1.54, 1.807) is 0 Å². The summed E-state index contributed by atoms with van der Waals surface area (Å²) in [5, 5.41) is 3.38. The number of rotatable bonds is 7. The van der Waals surface area contributed by atoms with Crippen LogP contribution in [-0.2, 0) is 0 Å². The minimum absolute atomic E-state index is 0.0893. The zero-order valence-electron chi connectivity index (χ0n) is 18.7. The van der Waals surface area contributed by atoms with Gasteiger partial charge in [0.2, 0.25) is 0 Å². The van der Waals surface area contributed by atoms with Crippen molar-refractivity contribution in [3.05, 3.63) is 35.4 Å². The molecule has 5 nitrogen and oxygen atoms in total. The van der Waals surface area contributed by atoms with E-state index in [2.05, 4.69) is 22.0 Å². The van der Waals surface area contributed by atoms with Gasteiger partial charge in [0.15, 0.2) is 5.96 Å². The molecule has 0 saturated carbocycles. The standard InChI is InChI=1S/C23H37F2N5/c1-4-26-23(30-14-11-18(17-30)16-29-12-6-5-7-13-29)27-15-21(28(2)3)22-19(24)9-8-10-20(22)25/h8-10,18,21H,4-7,11-17H2,1-3H3,(H,26,27). The molecular formula is C23H37F2N5. The third-order valence-electron chi connectivity index (χ3n) is 6.26. The van der Waals surface area contributed by atoms with Gasteiger partial charge in [-0.15, -0.1) is 0 Å².